The fraction of sp³-hybridized carbons (Fsp3) is 0.647. The first-order valence-electron chi connectivity index (χ1n) is 7.53. The summed E-state index contributed by atoms with van der Waals surface area (Å²) in [7, 11) is 0. The van der Waals surface area contributed by atoms with Crippen molar-refractivity contribution in [3.8, 4) is 0 Å². The lowest BCUT2D eigenvalue weighted by molar-refractivity contribution is 0.156. The number of nitrogens with one attached hydrogen (secondary N) is 1. The van der Waals surface area contributed by atoms with E-state index in [2.05, 4.69) is 66.3 Å². The van der Waals surface area contributed by atoms with Crippen molar-refractivity contribution in [2.75, 3.05) is 6.61 Å². The van der Waals surface area contributed by atoms with Gasteiger partial charge in [-0.1, -0.05) is 54.9 Å². The number of halogens is 1. The minimum absolute atomic E-state index is 0.196. The molecule has 1 aromatic carbocycles. The van der Waals surface area contributed by atoms with Gasteiger partial charge in [-0.25, -0.2) is 0 Å². The third kappa shape index (κ3) is 3.84. The van der Waals surface area contributed by atoms with Crippen LogP contribution in [0.4, 0.5) is 0 Å². The fourth-order valence-electron chi connectivity index (χ4n) is 2.99. The van der Waals surface area contributed by atoms with Crippen LogP contribution in [-0.2, 0) is 0 Å². The van der Waals surface area contributed by atoms with Gasteiger partial charge in [0, 0.05) is 23.2 Å². The van der Waals surface area contributed by atoms with E-state index in [0.717, 1.165) is 6.42 Å². The predicted octanol–water partition coefficient (Wildman–Crippen LogP) is 4.08. The van der Waals surface area contributed by atoms with Crippen molar-refractivity contribution in [3.05, 3.63) is 34.3 Å². The van der Waals surface area contributed by atoms with Crippen molar-refractivity contribution in [2.45, 2.75) is 58.0 Å². The van der Waals surface area contributed by atoms with E-state index in [1.54, 1.807) is 0 Å². The maximum atomic E-state index is 9.22. The van der Waals surface area contributed by atoms with E-state index < -0.39 is 0 Å². The van der Waals surface area contributed by atoms with Crippen LogP contribution in [0.2, 0.25) is 0 Å². The summed E-state index contributed by atoms with van der Waals surface area (Å²) >= 11 is 3.65. The van der Waals surface area contributed by atoms with Gasteiger partial charge in [0.15, 0.2) is 0 Å². The summed E-state index contributed by atoms with van der Waals surface area (Å²) in [5.41, 5.74) is 1.63. The highest BCUT2D eigenvalue weighted by Crippen LogP contribution is 2.40. The van der Waals surface area contributed by atoms with Crippen LogP contribution in [0, 0.1) is 5.41 Å². The molecule has 0 bridgehead atoms. The van der Waals surface area contributed by atoms with Crippen molar-refractivity contribution >= 4 is 15.9 Å². The monoisotopic (exact) mass is 339 g/mol. The molecule has 0 saturated heterocycles. The summed E-state index contributed by atoms with van der Waals surface area (Å²) in [5.74, 6) is 0.665. The summed E-state index contributed by atoms with van der Waals surface area (Å²) < 4.78 is 1.23. The molecule has 1 atom stereocenters. The number of aliphatic hydroxyl groups is 1. The minimum Gasteiger partial charge on any atom is -0.396 e. The van der Waals surface area contributed by atoms with Crippen molar-refractivity contribution < 1.29 is 5.11 Å². The van der Waals surface area contributed by atoms with E-state index in [4.69, 9.17) is 0 Å². The molecule has 3 heteroatoms. The highest BCUT2D eigenvalue weighted by atomic mass is 79.9. The summed E-state index contributed by atoms with van der Waals surface area (Å²) in [4.78, 5) is 0. The van der Waals surface area contributed by atoms with Crippen molar-refractivity contribution in [3.63, 3.8) is 0 Å². The summed E-state index contributed by atoms with van der Waals surface area (Å²) in [6.07, 6.45) is 3.22. The van der Waals surface area contributed by atoms with Gasteiger partial charge in [-0.2, -0.15) is 0 Å². The lowest BCUT2D eigenvalue weighted by Crippen LogP contribution is -2.50. The van der Waals surface area contributed by atoms with Crippen molar-refractivity contribution in [1.82, 2.24) is 5.32 Å². The standard InChI is InChI=1S/C17H26BrNO/c1-17(2,3)16(8-9-20)19-13-10-12(11-13)14-6-4-5-7-15(14)18/h4-7,12-13,16,19-20H,8-11H2,1-3H3. The molecular weight excluding hydrogens is 314 g/mol. The molecule has 1 aliphatic rings. The first-order chi connectivity index (χ1) is 9.41. The molecule has 1 fully saturated rings. The van der Waals surface area contributed by atoms with Crippen LogP contribution in [0.25, 0.3) is 0 Å². The quantitative estimate of drug-likeness (QED) is 0.846. The molecule has 0 spiro atoms. The molecule has 20 heavy (non-hydrogen) atoms. The number of benzene rings is 1. The molecule has 2 nitrogen and oxygen atoms in total. The Morgan fingerprint density at radius 2 is 1.95 bits per heavy atom. The topological polar surface area (TPSA) is 32.3 Å². The van der Waals surface area contributed by atoms with Crippen LogP contribution < -0.4 is 5.32 Å². The van der Waals surface area contributed by atoms with Gasteiger partial charge in [0.05, 0.1) is 0 Å². The molecule has 0 aromatic heterocycles. The fourth-order valence-corrected chi connectivity index (χ4v) is 3.60. The van der Waals surface area contributed by atoms with Crippen LogP contribution in [0.5, 0.6) is 0 Å². The van der Waals surface area contributed by atoms with Gasteiger partial charge in [-0.15, -0.1) is 0 Å². The second-order valence-electron chi connectivity index (χ2n) is 6.98. The van der Waals surface area contributed by atoms with Crippen molar-refractivity contribution in [2.24, 2.45) is 5.41 Å². The van der Waals surface area contributed by atoms with E-state index >= 15 is 0 Å². The molecule has 1 aliphatic carbocycles. The van der Waals surface area contributed by atoms with Crippen LogP contribution in [0.1, 0.15) is 51.5 Å². The van der Waals surface area contributed by atoms with Crippen molar-refractivity contribution in [1.29, 1.82) is 0 Å². The molecule has 0 amide bonds. The zero-order valence-corrected chi connectivity index (χ0v) is 14.3. The van der Waals surface area contributed by atoms with Gasteiger partial charge in [0.2, 0.25) is 0 Å². The van der Waals surface area contributed by atoms with Crippen LogP contribution >= 0.6 is 15.9 Å². The van der Waals surface area contributed by atoms with Crippen LogP contribution in [0.15, 0.2) is 28.7 Å². The number of aliphatic hydroxyl groups excluding tert-OH is 1. The number of hydrogen-bond acceptors (Lipinski definition) is 2. The molecule has 0 aliphatic heterocycles. The highest BCUT2D eigenvalue weighted by molar-refractivity contribution is 9.10. The Hall–Kier alpha value is -0.380. The number of hydrogen-bond donors (Lipinski definition) is 2. The second kappa shape index (κ2) is 6.59. The Balaban J connectivity index is 1.88. The molecule has 1 aromatic rings. The second-order valence-corrected chi connectivity index (χ2v) is 7.84. The van der Waals surface area contributed by atoms with Crippen LogP contribution in [-0.4, -0.2) is 23.8 Å². The Labute approximate surface area is 131 Å². The van der Waals surface area contributed by atoms with Gasteiger partial charge >= 0.3 is 0 Å². The smallest absolute Gasteiger partial charge is 0.0446 e. The Morgan fingerprint density at radius 1 is 1.30 bits per heavy atom. The van der Waals surface area contributed by atoms with Gasteiger partial charge in [0.25, 0.3) is 0 Å². The average Bonchev–Trinajstić information content (AvgIpc) is 2.32. The minimum atomic E-state index is 0.196. The maximum Gasteiger partial charge on any atom is 0.0446 e. The van der Waals surface area contributed by atoms with E-state index in [-0.39, 0.29) is 12.0 Å². The molecule has 0 heterocycles. The van der Waals surface area contributed by atoms with Crippen LogP contribution in [0.3, 0.4) is 0 Å². The Bertz CT molecular complexity index is 435. The summed E-state index contributed by atoms with van der Waals surface area (Å²) in [6, 6.07) is 9.50. The third-order valence-corrected chi connectivity index (χ3v) is 5.11. The molecular formula is C17H26BrNO. The van der Waals surface area contributed by atoms with Gasteiger partial charge in [-0.3, -0.25) is 0 Å². The first-order valence-corrected chi connectivity index (χ1v) is 8.32. The van der Waals surface area contributed by atoms with E-state index in [9.17, 15) is 5.11 Å². The highest BCUT2D eigenvalue weighted by Gasteiger charge is 2.35. The third-order valence-electron chi connectivity index (χ3n) is 4.38. The predicted molar refractivity (Wildman–Crippen MR) is 88.0 cm³/mol. The van der Waals surface area contributed by atoms with Gasteiger partial charge < -0.3 is 10.4 Å². The zero-order chi connectivity index (χ0) is 14.8. The lowest BCUT2D eigenvalue weighted by atomic mass is 9.74. The maximum absolute atomic E-state index is 9.22. The molecule has 2 rings (SSSR count). The largest absolute Gasteiger partial charge is 0.396 e. The molecule has 2 N–H and O–H groups in total. The molecule has 112 valence electrons. The summed E-state index contributed by atoms with van der Waals surface area (Å²) in [5, 5.41) is 13.0. The summed E-state index contributed by atoms with van der Waals surface area (Å²) in [6.45, 7) is 6.98. The van der Waals surface area contributed by atoms with Gasteiger partial charge in [0.1, 0.15) is 0 Å². The van der Waals surface area contributed by atoms with Gasteiger partial charge in [-0.05, 0) is 42.2 Å². The lowest BCUT2D eigenvalue weighted by Gasteiger charge is -2.42. The molecule has 0 radical (unpaired) electrons. The first kappa shape index (κ1) is 16.0. The molecule has 1 unspecified atom stereocenters. The Morgan fingerprint density at radius 3 is 2.50 bits per heavy atom. The van der Waals surface area contributed by atoms with E-state index in [1.807, 2.05) is 0 Å². The zero-order valence-electron chi connectivity index (χ0n) is 12.7. The average molecular weight is 340 g/mol. The van der Waals surface area contributed by atoms with E-state index in [1.165, 1.54) is 22.9 Å². The normalized spacial score (nSPS) is 24.2. The Kier molecular flexibility index (Phi) is 5.27. The molecule has 1 saturated carbocycles. The number of rotatable bonds is 5. The SMILES string of the molecule is CC(C)(C)C(CCO)NC1CC(c2ccccc2Br)C1. The van der Waals surface area contributed by atoms with E-state index in [0.29, 0.717) is 18.0 Å².